The number of nitrogens with one attached hydrogen (secondary N) is 2. The van der Waals surface area contributed by atoms with Crippen molar-refractivity contribution in [2.75, 3.05) is 30.3 Å². The molecule has 162 valence electrons. The van der Waals surface area contributed by atoms with Gasteiger partial charge in [0.2, 0.25) is 11.8 Å². The molecule has 3 aromatic carbocycles. The molecule has 0 heterocycles. The first-order valence-corrected chi connectivity index (χ1v) is 9.74. The molecule has 0 aliphatic rings. The molecule has 0 saturated carbocycles. The van der Waals surface area contributed by atoms with Crippen LogP contribution in [0.4, 0.5) is 24.5 Å². The summed E-state index contributed by atoms with van der Waals surface area (Å²) >= 11 is 0. The summed E-state index contributed by atoms with van der Waals surface area (Å²) in [5, 5.41) is 7.01. The van der Waals surface area contributed by atoms with E-state index < -0.39 is 17.6 Å². The maximum Gasteiger partial charge on any atom is 0.418 e. The molecule has 5 nitrogen and oxygen atoms in total. The first kappa shape index (κ1) is 22.3. The summed E-state index contributed by atoms with van der Waals surface area (Å²) in [6.45, 7) is 1.85. The number of anilines is 2. The van der Waals surface area contributed by atoms with Crippen LogP contribution in [0.25, 0.3) is 10.8 Å². The molecular formula is C23H22F3N3O2. The lowest BCUT2D eigenvalue weighted by molar-refractivity contribution is -0.137. The lowest BCUT2D eigenvalue weighted by atomic mass is 10.1. The number of halogens is 3. The summed E-state index contributed by atoms with van der Waals surface area (Å²) < 4.78 is 39.3. The van der Waals surface area contributed by atoms with Crippen molar-refractivity contribution in [2.45, 2.75) is 13.1 Å². The maximum absolute atomic E-state index is 13.1. The molecule has 31 heavy (non-hydrogen) atoms. The Labute approximate surface area is 177 Å². The second-order valence-electron chi connectivity index (χ2n) is 6.97. The van der Waals surface area contributed by atoms with Crippen molar-refractivity contribution in [1.82, 2.24) is 4.90 Å². The van der Waals surface area contributed by atoms with Gasteiger partial charge in [0.15, 0.2) is 0 Å². The van der Waals surface area contributed by atoms with Crippen LogP contribution < -0.4 is 10.6 Å². The van der Waals surface area contributed by atoms with Gasteiger partial charge in [-0.2, -0.15) is 13.2 Å². The highest BCUT2D eigenvalue weighted by Crippen LogP contribution is 2.34. The van der Waals surface area contributed by atoms with Gasteiger partial charge in [0, 0.05) is 11.1 Å². The van der Waals surface area contributed by atoms with E-state index in [4.69, 9.17) is 0 Å². The lowest BCUT2D eigenvalue weighted by Crippen LogP contribution is -2.38. The van der Waals surface area contributed by atoms with Gasteiger partial charge in [0.1, 0.15) is 0 Å². The highest BCUT2D eigenvalue weighted by molar-refractivity contribution is 6.03. The molecule has 8 heteroatoms. The van der Waals surface area contributed by atoms with Gasteiger partial charge in [0.05, 0.1) is 24.3 Å². The summed E-state index contributed by atoms with van der Waals surface area (Å²) in [5.41, 5.74) is -0.570. The fourth-order valence-electron chi connectivity index (χ4n) is 3.24. The summed E-state index contributed by atoms with van der Waals surface area (Å²) in [5.74, 6) is -0.946. The predicted octanol–water partition coefficient (Wildman–Crippen LogP) is 4.76. The Morgan fingerprint density at radius 3 is 2.03 bits per heavy atom. The summed E-state index contributed by atoms with van der Waals surface area (Å²) in [7, 11) is 0. The smallest absolute Gasteiger partial charge is 0.324 e. The Morgan fingerprint density at radius 1 is 0.806 bits per heavy atom. The van der Waals surface area contributed by atoms with Gasteiger partial charge in [-0.3, -0.25) is 14.5 Å². The Kier molecular flexibility index (Phi) is 6.91. The van der Waals surface area contributed by atoms with Crippen LogP contribution >= 0.6 is 0 Å². The maximum atomic E-state index is 13.1. The first-order valence-electron chi connectivity index (χ1n) is 9.74. The van der Waals surface area contributed by atoms with E-state index in [0.717, 1.165) is 16.8 Å². The molecule has 0 unspecified atom stereocenters. The topological polar surface area (TPSA) is 61.4 Å². The Morgan fingerprint density at radius 2 is 1.35 bits per heavy atom. The van der Waals surface area contributed by atoms with E-state index in [1.165, 1.54) is 18.2 Å². The minimum Gasteiger partial charge on any atom is -0.324 e. The summed E-state index contributed by atoms with van der Waals surface area (Å²) in [6, 6.07) is 18.0. The zero-order valence-electron chi connectivity index (χ0n) is 16.9. The molecule has 3 rings (SSSR count). The fourth-order valence-corrected chi connectivity index (χ4v) is 3.24. The van der Waals surface area contributed by atoms with Crippen molar-refractivity contribution in [1.29, 1.82) is 0 Å². The van der Waals surface area contributed by atoms with Gasteiger partial charge in [-0.1, -0.05) is 55.5 Å². The minimum atomic E-state index is -4.58. The lowest BCUT2D eigenvalue weighted by Gasteiger charge is -2.20. The van der Waals surface area contributed by atoms with E-state index in [9.17, 15) is 22.8 Å². The number of para-hydroxylation sites is 1. The Bertz CT molecular complexity index is 1080. The monoisotopic (exact) mass is 429 g/mol. The first-order chi connectivity index (χ1) is 14.8. The van der Waals surface area contributed by atoms with Gasteiger partial charge >= 0.3 is 6.18 Å². The number of benzene rings is 3. The van der Waals surface area contributed by atoms with Crippen LogP contribution in [0.1, 0.15) is 12.5 Å². The number of carbonyl (C=O) groups is 2. The molecule has 3 aromatic rings. The molecule has 0 aliphatic heterocycles. The van der Waals surface area contributed by atoms with Crippen molar-refractivity contribution in [3.63, 3.8) is 0 Å². The SMILES string of the molecule is CCN(CC(=O)Nc1ccccc1C(F)(F)F)CC(=O)Nc1cccc2ccccc12. The van der Waals surface area contributed by atoms with Crippen LogP contribution in [0.2, 0.25) is 0 Å². The Hall–Kier alpha value is -3.39. The number of alkyl halides is 3. The number of amides is 2. The molecular weight excluding hydrogens is 407 g/mol. The van der Waals surface area contributed by atoms with Crippen LogP contribution in [0.3, 0.4) is 0 Å². The van der Waals surface area contributed by atoms with Crippen LogP contribution in [0, 0.1) is 0 Å². The van der Waals surface area contributed by atoms with Crippen LogP contribution in [0.15, 0.2) is 66.7 Å². The van der Waals surface area contributed by atoms with Gasteiger partial charge in [-0.25, -0.2) is 0 Å². The molecule has 0 spiro atoms. The third-order valence-corrected chi connectivity index (χ3v) is 4.75. The minimum absolute atomic E-state index is 0.0753. The van der Waals surface area contributed by atoms with Gasteiger partial charge in [0.25, 0.3) is 0 Å². The predicted molar refractivity (Wildman–Crippen MR) is 115 cm³/mol. The van der Waals surface area contributed by atoms with Gasteiger partial charge in [-0.05, 0) is 30.1 Å². The van der Waals surface area contributed by atoms with Crippen molar-refractivity contribution in [3.05, 3.63) is 72.3 Å². The number of likely N-dealkylation sites (N-methyl/N-ethyl adjacent to an activating group) is 1. The zero-order valence-corrected chi connectivity index (χ0v) is 16.9. The van der Waals surface area contributed by atoms with Crippen LogP contribution in [-0.2, 0) is 15.8 Å². The quantitative estimate of drug-likeness (QED) is 0.570. The number of fused-ring (bicyclic) bond motifs is 1. The molecule has 0 aromatic heterocycles. The van der Waals surface area contributed by atoms with Crippen LogP contribution in [0.5, 0.6) is 0 Å². The molecule has 2 N–H and O–H groups in total. The molecule has 0 fully saturated rings. The number of hydrogen-bond acceptors (Lipinski definition) is 3. The number of carbonyl (C=O) groups excluding carboxylic acids is 2. The Balaban J connectivity index is 1.63. The van der Waals surface area contributed by atoms with E-state index in [-0.39, 0.29) is 24.7 Å². The number of rotatable bonds is 7. The van der Waals surface area contributed by atoms with Gasteiger partial charge < -0.3 is 10.6 Å². The molecule has 2 amide bonds. The summed E-state index contributed by atoms with van der Waals surface area (Å²) in [4.78, 5) is 26.4. The summed E-state index contributed by atoms with van der Waals surface area (Å²) in [6.07, 6.45) is -4.58. The molecule has 0 saturated heterocycles. The van der Waals surface area contributed by atoms with Crippen molar-refractivity contribution in [3.8, 4) is 0 Å². The standard InChI is InChI=1S/C23H22F3N3O2/c1-2-29(15-22(31)28-20-12-6-5-11-18(20)23(24,25)26)14-21(30)27-19-13-7-9-16-8-3-4-10-17(16)19/h3-13H,2,14-15H2,1H3,(H,27,30)(H,28,31). The zero-order chi connectivity index (χ0) is 22.4. The molecule has 0 aliphatic carbocycles. The van der Waals surface area contributed by atoms with Crippen molar-refractivity contribution < 1.29 is 22.8 Å². The number of hydrogen-bond donors (Lipinski definition) is 2. The van der Waals surface area contributed by atoms with Crippen molar-refractivity contribution >= 4 is 34.0 Å². The molecule has 0 bridgehead atoms. The van der Waals surface area contributed by atoms with E-state index in [2.05, 4.69) is 10.6 Å². The largest absolute Gasteiger partial charge is 0.418 e. The van der Waals surface area contributed by atoms with E-state index in [1.807, 2.05) is 36.4 Å². The second-order valence-corrected chi connectivity index (χ2v) is 6.97. The van der Waals surface area contributed by atoms with E-state index >= 15 is 0 Å². The fraction of sp³-hybridized carbons (Fsp3) is 0.217. The van der Waals surface area contributed by atoms with Crippen molar-refractivity contribution in [2.24, 2.45) is 0 Å². The molecule has 0 radical (unpaired) electrons. The van der Waals surface area contributed by atoms with Gasteiger partial charge in [-0.15, -0.1) is 0 Å². The average molecular weight is 429 g/mol. The van der Waals surface area contributed by atoms with E-state index in [0.29, 0.717) is 12.2 Å². The second kappa shape index (κ2) is 9.61. The van der Waals surface area contributed by atoms with Crippen LogP contribution in [-0.4, -0.2) is 36.3 Å². The highest BCUT2D eigenvalue weighted by atomic mass is 19.4. The molecule has 0 atom stereocenters. The third-order valence-electron chi connectivity index (χ3n) is 4.75. The normalized spacial score (nSPS) is 11.5. The number of nitrogens with zero attached hydrogens (tertiary/aromatic N) is 1. The average Bonchev–Trinajstić information content (AvgIpc) is 2.73. The van der Waals surface area contributed by atoms with E-state index in [1.54, 1.807) is 17.9 Å². The highest BCUT2D eigenvalue weighted by Gasteiger charge is 2.33. The third kappa shape index (κ3) is 5.82.